The highest BCUT2D eigenvalue weighted by molar-refractivity contribution is 5.81. The van der Waals surface area contributed by atoms with E-state index < -0.39 is 5.60 Å². The molecule has 0 radical (unpaired) electrons. The summed E-state index contributed by atoms with van der Waals surface area (Å²) in [4.78, 5) is 23.9. The molecule has 0 aliphatic heterocycles. The van der Waals surface area contributed by atoms with Crippen molar-refractivity contribution in [3.8, 4) is 0 Å². The van der Waals surface area contributed by atoms with E-state index in [0.29, 0.717) is 11.9 Å². The van der Waals surface area contributed by atoms with Gasteiger partial charge in [0, 0.05) is 18.1 Å². The van der Waals surface area contributed by atoms with Gasteiger partial charge in [-0.1, -0.05) is 18.2 Å². The van der Waals surface area contributed by atoms with Crippen LogP contribution in [0.1, 0.15) is 27.2 Å². The Morgan fingerprint density at radius 1 is 1.20 bits per heavy atom. The van der Waals surface area contributed by atoms with Crippen LogP contribution in [0.4, 0.5) is 0 Å². The van der Waals surface area contributed by atoms with E-state index in [1.807, 2.05) is 45.0 Å². The predicted molar refractivity (Wildman–Crippen MR) is 78.7 cm³/mol. The van der Waals surface area contributed by atoms with Gasteiger partial charge in [0.25, 0.3) is 5.56 Å². The highest BCUT2D eigenvalue weighted by atomic mass is 16.6. The Bertz CT molecular complexity index is 680. The molecule has 4 heteroatoms. The minimum Gasteiger partial charge on any atom is -0.460 e. The van der Waals surface area contributed by atoms with E-state index in [0.717, 1.165) is 5.39 Å². The van der Waals surface area contributed by atoms with Crippen molar-refractivity contribution in [2.45, 2.75) is 39.3 Å². The molecule has 0 saturated carbocycles. The van der Waals surface area contributed by atoms with Gasteiger partial charge in [-0.3, -0.25) is 9.59 Å². The Hall–Kier alpha value is -2.10. The quantitative estimate of drug-likeness (QED) is 0.808. The number of pyridine rings is 1. The van der Waals surface area contributed by atoms with Crippen molar-refractivity contribution in [1.82, 2.24) is 4.57 Å². The molecule has 0 unspecified atom stereocenters. The lowest BCUT2D eigenvalue weighted by Crippen LogP contribution is -2.26. The monoisotopic (exact) mass is 273 g/mol. The minimum absolute atomic E-state index is 0.0772. The largest absolute Gasteiger partial charge is 0.460 e. The first-order valence-corrected chi connectivity index (χ1v) is 6.67. The van der Waals surface area contributed by atoms with Crippen LogP contribution in [-0.4, -0.2) is 16.1 Å². The Balaban J connectivity index is 2.13. The van der Waals surface area contributed by atoms with Gasteiger partial charge in [0.05, 0.1) is 6.42 Å². The smallest absolute Gasteiger partial charge is 0.308 e. The first-order valence-electron chi connectivity index (χ1n) is 6.67. The summed E-state index contributed by atoms with van der Waals surface area (Å²) in [7, 11) is 0. The van der Waals surface area contributed by atoms with Crippen LogP contribution in [0.15, 0.2) is 41.3 Å². The maximum absolute atomic E-state index is 12.2. The molecule has 0 saturated heterocycles. The molecule has 4 nitrogen and oxygen atoms in total. The molecular weight excluding hydrogens is 254 g/mol. The van der Waals surface area contributed by atoms with Gasteiger partial charge in [0.1, 0.15) is 5.60 Å². The van der Waals surface area contributed by atoms with Gasteiger partial charge in [-0.15, -0.1) is 0 Å². The first kappa shape index (κ1) is 14.3. The van der Waals surface area contributed by atoms with Crippen LogP contribution < -0.4 is 5.56 Å². The molecule has 0 aliphatic rings. The van der Waals surface area contributed by atoms with Gasteiger partial charge in [-0.05, 0) is 38.3 Å². The first-order chi connectivity index (χ1) is 9.37. The lowest BCUT2D eigenvalue weighted by Gasteiger charge is -2.19. The normalized spacial score (nSPS) is 11.6. The summed E-state index contributed by atoms with van der Waals surface area (Å²) in [5.41, 5.74) is -0.572. The average Bonchev–Trinajstić information content (AvgIpc) is 2.36. The second kappa shape index (κ2) is 5.49. The van der Waals surface area contributed by atoms with E-state index in [1.54, 1.807) is 16.8 Å². The number of benzene rings is 1. The second-order valence-corrected chi connectivity index (χ2v) is 5.74. The maximum Gasteiger partial charge on any atom is 0.308 e. The van der Waals surface area contributed by atoms with E-state index in [-0.39, 0.29) is 17.9 Å². The molecular formula is C16H19NO3. The summed E-state index contributed by atoms with van der Waals surface area (Å²) in [6, 6.07) is 9.30. The number of aromatic nitrogens is 1. The minimum atomic E-state index is -0.495. The predicted octanol–water partition coefficient (Wildman–Crippen LogP) is 2.73. The number of aryl methyl sites for hydroxylation is 1. The number of hydrogen-bond acceptors (Lipinski definition) is 3. The standard InChI is InChI=1S/C16H19NO3/c1-16(2,3)20-14(18)9-11-17-10-8-12-6-4-5-7-13(12)15(17)19/h4-8,10H,9,11H2,1-3H3. The van der Waals surface area contributed by atoms with Crippen LogP contribution in [0.3, 0.4) is 0 Å². The molecule has 1 heterocycles. The van der Waals surface area contributed by atoms with Crippen LogP contribution >= 0.6 is 0 Å². The number of nitrogens with zero attached hydrogens (tertiary/aromatic N) is 1. The van der Waals surface area contributed by atoms with Gasteiger partial charge >= 0.3 is 5.97 Å². The number of hydrogen-bond donors (Lipinski definition) is 0. The van der Waals surface area contributed by atoms with E-state index in [1.165, 1.54) is 0 Å². The number of fused-ring (bicyclic) bond motifs is 1. The van der Waals surface area contributed by atoms with Gasteiger partial charge < -0.3 is 9.30 Å². The summed E-state index contributed by atoms with van der Waals surface area (Å²) in [6.07, 6.45) is 1.91. The zero-order valence-electron chi connectivity index (χ0n) is 12.1. The highest BCUT2D eigenvalue weighted by Gasteiger charge is 2.16. The second-order valence-electron chi connectivity index (χ2n) is 5.74. The van der Waals surface area contributed by atoms with Crippen molar-refractivity contribution in [3.63, 3.8) is 0 Å². The Kier molecular flexibility index (Phi) is 3.93. The van der Waals surface area contributed by atoms with Crippen molar-refractivity contribution in [1.29, 1.82) is 0 Å². The summed E-state index contributed by atoms with van der Waals surface area (Å²) in [5.74, 6) is -0.294. The molecule has 1 aromatic carbocycles. The molecule has 20 heavy (non-hydrogen) atoms. The SMILES string of the molecule is CC(C)(C)OC(=O)CCn1ccc2ccccc2c1=O. The van der Waals surface area contributed by atoms with Gasteiger partial charge in [0.2, 0.25) is 0 Å². The fourth-order valence-corrected chi connectivity index (χ4v) is 2.01. The van der Waals surface area contributed by atoms with E-state index in [4.69, 9.17) is 4.74 Å². The third-order valence-electron chi connectivity index (χ3n) is 2.86. The molecule has 0 amide bonds. The molecule has 2 rings (SSSR count). The van der Waals surface area contributed by atoms with Crippen molar-refractivity contribution < 1.29 is 9.53 Å². The third-order valence-corrected chi connectivity index (χ3v) is 2.86. The van der Waals surface area contributed by atoms with Crippen molar-refractivity contribution >= 4 is 16.7 Å². The molecule has 0 spiro atoms. The van der Waals surface area contributed by atoms with Crippen LogP contribution in [0, 0.1) is 0 Å². The number of rotatable bonds is 3. The van der Waals surface area contributed by atoms with E-state index >= 15 is 0 Å². The van der Waals surface area contributed by atoms with Gasteiger partial charge in [-0.25, -0.2) is 0 Å². The lowest BCUT2D eigenvalue weighted by atomic mass is 10.2. The van der Waals surface area contributed by atoms with Crippen molar-refractivity contribution in [2.24, 2.45) is 0 Å². The number of carbonyl (C=O) groups is 1. The molecule has 0 bridgehead atoms. The summed E-state index contributed by atoms with van der Waals surface area (Å²) >= 11 is 0. The van der Waals surface area contributed by atoms with Gasteiger partial charge in [0.15, 0.2) is 0 Å². The maximum atomic E-state index is 12.2. The van der Waals surface area contributed by atoms with E-state index in [9.17, 15) is 9.59 Å². The van der Waals surface area contributed by atoms with Gasteiger partial charge in [-0.2, -0.15) is 0 Å². The summed E-state index contributed by atoms with van der Waals surface area (Å²) < 4.78 is 6.78. The molecule has 0 aliphatic carbocycles. The zero-order chi connectivity index (χ0) is 14.8. The lowest BCUT2D eigenvalue weighted by molar-refractivity contribution is -0.155. The molecule has 0 atom stereocenters. The fourth-order valence-electron chi connectivity index (χ4n) is 2.01. The van der Waals surface area contributed by atoms with Crippen molar-refractivity contribution in [2.75, 3.05) is 0 Å². The average molecular weight is 273 g/mol. The third kappa shape index (κ3) is 3.47. The fraction of sp³-hybridized carbons (Fsp3) is 0.375. The molecule has 0 fully saturated rings. The van der Waals surface area contributed by atoms with Crippen LogP contribution in [0.5, 0.6) is 0 Å². The van der Waals surface area contributed by atoms with Crippen LogP contribution in [-0.2, 0) is 16.1 Å². The molecule has 2 aromatic rings. The highest BCUT2D eigenvalue weighted by Crippen LogP contribution is 2.10. The number of carbonyl (C=O) groups excluding carboxylic acids is 1. The summed E-state index contributed by atoms with van der Waals surface area (Å²) in [6.45, 7) is 5.81. The van der Waals surface area contributed by atoms with Crippen LogP contribution in [0.2, 0.25) is 0 Å². The molecule has 0 N–H and O–H groups in total. The Morgan fingerprint density at radius 3 is 2.60 bits per heavy atom. The van der Waals surface area contributed by atoms with Crippen LogP contribution in [0.25, 0.3) is 10.8 Å². The van der Waals surface area contributed by atoms with E-state index in [2.05, 4.69) is 0 Å². The number of esters is 1. The topological polar surface area (TPSA) is 48.3 Å². The molecule has 1 aromatic heterocycles. The molecule has 106 valence electrons. The Morgan fingerprint density at radius 2 is 1.90 bits per heavy atom. The summed E-state index contributed by atoms with van der Waals surface area (Å²) in [5, 5.41) is 1.57. The Labute approximate surface area is 118 Å². The number of ether oxygens (including phenoxy) is 1. The zero-order valence-corrected chi connectivity index (χ0v) is 12.1. The van der Waals surface area contributed by atoms with Crippen molar-refractivity contribution in [3.05, 3.63) is 46.9 Å².